The maximum absolute atomic E-state index is 12.9. The van der Waals surface area contributed by atoms with Gasteiger partial charge in [-0.3, -0.25) is 4.79 Å². The third-order valence-electron chi connectivity index (χ3n) is 3.66. The number of ether oxygens (including phenoxy) is 2. The van der Waals surface area contributed by atoms with Crippen LogP contribution in [0.3, 0.4) is 0 Å². The fourth-order valence-corrected chi connectivity index (χ4v) is 2.28. The molecule has 0 spiro atoms. The van der Waals surface area contributed by atoms with Gasteiger partial charge in [0.1, 0.15) is 6.04 Å². The molecule has 1 atom stereocenters. The van der Waals surface area contributed by atoms with Crippen molar-refractivity contribution >= 4 is 17.8 Å². The Hall–Kier alpha value is -3.05. The average molecular weight is 441 g/mol. The largest absolute Gasteiger partial charge is 0.467 e. The van der Waals surface area contributed by atoms with Gasteiger partial charge in [-0.25, -0.2) is 9.59 Å². The van der Waals surface area contributed by atoms with Gasteiger partial charge in [0.25, 0.3) is 0 Å². The van der Waals surface area contributed by atoms with E-state index in [1.165, 1.54) is 6.08 Å². The molecule has 6 nitrogen and oxygen atoms in total. The van der Waals surface area contributed by atoms with Gasteiger partial charge >= 0.3 is 24.3 Å². The molecule has 1 aromatic rings. The van der Waals surface area contributed by atoms with Crippen LogP contribution in [0.15, 0.2) is 30.4 Å². The molecule has 0 fully saturated rings. The number of esters is 2. The van der Waals surface area contributed by atoms with Gasteiger partial charge in [-0.1, -0.05) is 6.08 Å². The number of amides is 1. The van der Waals surface area contributed by atoms with E-state index in [1.54, 1.807) is 0 Å². The Morgan fingerprint density at radius 3 is 1.93 bits per heavy atom. The number of methoxy groups -OCH3 is 2. The lowest BCUT2D eigenvalue weighted by molar-refractivity contribution is -0.145. The summed E-state index contributed by atoms with van der Waals surface area (Å²) in [7, 11) is 2.12. The van der Waals surface area contributed by atoms with Crippen molar-refractivity contribution in [2.45, 2.75) is 31.2 Å². The first-order valence-electron chi connectivity index (χ1n) is 8.18. The van der Waals surface area contributed by atoms with Crippen LogP contribution in [-0.2, 0) is 42.6 Å². The van der Waals surface area contributed by atoms with E-state index in [2.05, 4.69) is 14.8 Å². The van der Waals surface area contributed by atoms with E-state index in [1.807, 2.05) is 0 Å². The van der Waals surface area contributed by atoms with Gasteiger partial charge in [0, 0.05) is 6.08 Å². The van der Waals surface area contributed by atoms with Gasteiger partial charge in [0.2, 0.25) is 5.91 Å². The maximum Gasteiger partial charge on any atom is 0.416 e. The molecule has 1 rings (SSSR count). The van der Waals surface area contributed by atoms with Crippen molar-refractivity contribution in [3.8, 4) is 0 Å². The van der Waals surface area contributed by atoms with E-state index < -0.39 is 59.4 Å². The highest BCUT2D eigenvalue weighted by molar-refractivity contribution is 5.86. The molecule has 0 bridgehead atoms. The standard InChI is InChI=1S/C18H17F6NO5/c1-29-15(27)5-3-4-13(16(28)30-2)25-14(26)8-10-6-11(17(19,20)21)9-12(7-10)18(22,23)24/h3,5-7,9,13H,4,8H2,1-2H3,(H,25,26)/b5-3+/t13-/m0/s1. The van der Waals surface area contributed by atoms with Gasteiger partial charge in [-0.15, -0.1) is 0 Å². The molecule has 0 aliphatic heterocycles. The molecule has 1 amide bonds. The molecule has 0 radical (unpaired) electrons. The Balaban J connectivity index is 3.04. The summed E-state index contributed by atoms with van der Waals surface area (Å²) in [5.41, 5.74) is -3.68. The first kappa shape index (κ1) is 25.0. The minimum Gasteiger partial charge on any atom is -0.467 e. The van der Waals surface area contributed by atoms with Crippen LogP contribution in [-0.4, -0.2) is 38.1 Å². The summed E-state index contributed by atoms with van der Waals surface area (Å²) in [4.78, 5) is 34.9. The van der Waals surface area contributed by atoms with Crippen LogP contribution in [0.2, 0.25) is 0 Å². The van der Waals surface area contributed by atoms with E-state index in [9.17, 15) is 40.7 Å². The van der Waals surface area contributed by atoms with Crippen LogP contribution in [0.1, 0.15) is 23.1 Å². The van der Waals surface area contributed by atoms with Crippen molar-refractivity contribution in [1.82, 2.24) is 5.32 Å². The van der Waals surface area contributed by atoms with Crippen LogP contribution in [0, 0.1) is 0 Å². The molecule has 0 aliphatic carbocycles. The molecular weight excluding hydrogens is 424 g/mol. The van der Waals surface area contributed by atoms with Crippen LogP contribution in [0.4, 0.5) is 26.3 Å². The average Bonchev–Trinajstić information content (AvgIpc) is 2.64. The zero-order chi connectivity index (χ0) is 23.1. The Kier molecular flexibility index (Phi) is 8.43. The topological polar surface area (TPSA) is 81.7 Å². The second-order valence-corrected chi connectivity index (χ2v) is 5.90. The first-order chi connectivity index (χ1) is 13.8. The molecule has 1 N–H and O–H groups in total. The molecule has 0 heterocycles. The Morgan fingerprint density at radius 2 is 1.50 bits per heavy atom. The highest BCUT2D eigenvalue weighted by Gasteiger charge is 2.37. The summed E-state index contributed by atoms with van der Waals surface area (Å²) >= 11 is 0. The van der Waals surface area contributed by atoms with Crippen molar-refractivity contribution < 1.29 is 50.2 Å². The first-order valence-corrected chi connectivity index (χ1v) is 8.18. The number of hydrogen-bond donors (Lipinski definition) is 1. The van der Waals surface area contributed by atoms with Crippen molar-refractivity contribution in [3.63, 3.8) is 0 Å². The highest BCUT2D eigenvalue weighted by atomic mass is 19.4. The van der Waals surface area contributed by atoms with Crippen LogP contribution in [0.25, 0.3) is 0 Å². The summed E-state index contributed by atoms with van der Waals surface area (Å²) in [5.74, 6) is -2.70. The molecule has 166 valence electrons. The van der Waals surface area contributed by atoms with Gasteiger partial charge in [0.15, 0.2) is 0 Å². The molecule has 0 unspecified atom stereocenters. The zero-order valence-electron chi connectivity index (χ0n) is 15.7. The number of nitrogens with one attached hydrogen (secondary N) is 1. The number of benzene rings is 1. The number of carbonyl (C=O) groups is 3. The van der Waals surface area contributed by atoms with Crippen molar-refractivity contribution in [2.24, 2.45) is 0 Å². The summed E-state index contributed by atoms with van der Waals surface area (Å²) in [6, 6.07) is -0.551. The van der Waals surface area contributed by atoms with E-state index >= 15 is 0 Å². The van der Waals surface area contributed by atoms with E-state index in [-0.39, 0.29) is 12.5 Å². The van der Waals surface area contributed by atoms with Gasteiger partial charge in [-0.2, -0.15) is 26.3 Å². The van der Waals surface area contributed by atoms with Gasteiger partial charge in [0.05, 0.1) is 31.8 Å². The Labute approximate surface area is 166 Å². The number of hydrogen-bond acceptors (Lipinski definition) is 5. The predicted octanol–water partition coefficient (Wildman–Crippen LogP) is 3.04. The fourth-order valence-electron chi connectivity index (χ4n) is 2.28. The van der Waals surface area contributed by atoms with E-state index in [4.69, 9.17) is 0 Å². The molecule has 12 heteroatoms. The summed E-state index contributed by atoms with van der Waals surface area (Å²) in [6.07, 6.45) is -9.06. The molecule has 30 heavy (non-hydrogen) atoms. The molecule has 0 aromatic heterocycles. The monoisotopic (exact) mass is 441 g/mol. The SMILES string of the molecule is COC(=O)/C=C/C[C@H](NC(=O)Cc1cc(C(F)(F)F)cc(C(F)(F)F)c1)C(=O)OC. The van der Waals surface area contributed by atoms with E-state index in [0.717, 1.165) is 20.3 Å². The Morgan fingerprint density at radius 1 is 0.967 bits per heavy atom. The number of carbonyl (C=O) groups excluding carboxylic acids is 3. The number of halogens is 6. The summed E-state index contributed by atoms with van der Waals surface area (Å²) in [5, 5.41) is 2.15. The summed E-state index contributed by atoms with van der Waals surface area (Å²) < 4.78 is 86.2. The minimum absolute atomic E-state index is 0.0593. The molecule has 0 saturated carbocycles. The van der Waals surface area contributed by atoms with Crippen LogP contribution < -0.4 is 5.32 Å². The molecule has 0 saturated heterocycles. The van der Waals surface area contributed by atoms with Gasteiger partial charge < -0.3 is 14.8 Å². The lowest BCUT2D eigenvalue weighted by atomic mass is 10.0. The number of rotatable bonds is 7. The molecule has 0 aliphatic rings. The van der Waals surface area contributed by atoms with E-state index in [0.29, 0.717) is 12.1 Å². The van der Waals surface area contributed by atoms with Crippen LogP contribution in [0.5, 0.6) is 0 Å². The second kappa shape index (κ2) is 10.1. The smallest absolute Gasteiger partial charge is 0.416 e. The fraction of sp³-hybridized carbons (Fsp3) is 0.389. The molecular formula is C18H17F6NO5. The third-order valence-corrected chi connectivity index (χ3v) is 3.66. The predicted molar refractivity (Wildman–Crippen MR) is 89.9 cm³/mol. The quantitative estimate of drug-likeness (QED) is 0.400. The zero-order valence-corrected chi connectivity index (χ0v) is 15.7. The van der Waals surface area contributed by atoms with Crippen molar-refractivity contribution in [3.05, 3.63) is 47.0 Å². The number of alkyl halides is 6. The molecule has 1 aromatic carbocycles. The second-order valence-electron chi connectivity index (χ2n) is 5.90. The normalized spacial score (nSPS) is 13.1. The van der Waals surface area contributed by atoms with Crippen LogP contribution >= 0.6 is 0 Å². The maximum atomic E-state index is 12.9. The summed E-state index contributed by atoms with van der Waals surface area (Å²) in [6.45, 7) is 0. The lowest BCUT2D eigenvalue weighted by Crippen LogP contribution is -2.42. The Bertz CT molecular complexity index is 784. The van der Waals surface area contributed by atoms with Crippen molar-refractivity contribution in [1.29, 1.82) is 0 Å². The lowest BCUT2D eigenvalue weighted by Gasteiger charge is -2.16. The minimum atomic E-state index is -5.06. The van der Waals surface area contributed by atoms with Crippen molar-refractivity contribution in [2.75, 3.05) is 14.2 Å². The highest BCUT2D eigenvalue weighted by Crippen LogP contribution is 2.36. The third kappa shape index (κ3) is 7.76. The van der Waals surface area contributed by atoms with Gasteiger partial charge in [-0.05, 0) is 30.2 Å².